The highest BCUT2D eigenvalue weighted by atomic mass is 32.2. The normalized spacial score (nSPS) is 22.7. The van der Waals surface area contributed by atoms with Gasteiger partial charge in [-0.1, -0.05) is 11.8 Å². The molecule has 5 nitrogen and oxygen atoms in total. The standard InChI is InChI=1S/C13H14N2O3S/c1-7-5-11(12(16)18-7)19-13-14-9-4-3-8(17-2)6-10(9)15-13/h3-4,6-7,11H,5H2,1-2H3,(H,14,15)/t7-,11+/m1/s1. The van der Waals surface area contributed by atoms with Crippen molar-refractivity contribution in [1.29, 1.82) is 0 Å². The Morgan fingerprint density at radius 1 is 1.53 bits per heavy atom. The van der Waals surface area contributed by atoms with Crippen LogP contribution in [0.5, 0.6) is 5.75 Å². The van der Waals surface area contributed by atoms with Gasteiger partial charge in [0.05, 0.1) is 18.1 Å². The van der Waals surface area contributed by atoms with E-state index in [1.807, 2.05) is 25.1 Å². The van der Waals surface area contributed by atoms with E-state index in [1.54, 1.807) is 7.11 Å². The van der Waals surface area contributed by atoms with Crippen LogP contribution in [-0.4, -0.2) is 34.4 Å². The van der Waals surface area contributed by atoms with Crippen molar-refractivity contribution in [2.24, 2.45) is 0 Å². The average Bonchev–Trinajstić information content (AvgIpc) is 2.91. The van der Waals surface area contributed by atoms with Gasteiger partial charge in [0.2, 0.25) is 0 Å². The Morgan fingerprint density at radius 2 is 2.37 bits per heavy atom. The summed E-state index contributed by atoms with van der Waals surface area (Å²) in [6, 6.07) is 5.65. The van der Waals surface area contributed by atoms with Gasteiger partial charge in [-0.05, 0) is 19.1 Å². The maximum absolute atomic E-state index is 11.6. The number of thioether (sulfide) groups is 1. The number of carbonyl (C=O) groups excluding carboxylic acids is 1. The number of nitrogens with zero attached hydrogens (tertiary/aromatic N) is 1. The minimum atomic E-state index is -0.169. The predicted octanol–water partition coefficient (Wildman–Crippen LogP) is 2.37. The van der Waals surface area contributed by atoms with Crippen molar-refractivity contribution in [3.05, 3.63) is 18.2 Å². The van der Waals surface area contributed by atoms with Gasteiger partial charge in [-0.2, -0.15) is 0 Å². The van der Waals surface area contributed by atoms with Crippen LogP contribution in [-0.2, 0) is 9.53 Å². The molecule has 1 aliphatic rings. The first-order valence-corrected chi connectivity index (χ1v) is 6.94. The summed E-state index contributed by atoms with van der Waals surface area (Å²) in [5.41, 5.74) is 1.77. The second kappa shape index (κ2) is 4.77. The first-order chi connectivity index (χ1) is 9.15. The Kier molecular flexibility index (Phi) is 3.10. The molecule has 3 rings (SSSR count). The summed E-state index contributed by atoms with van der Waals surface area (Å²) in [5.74, 6) is 0.622. The third-order valence-corrected chi connectivity index (χ3v) is 4.13. The number of imidazole rings is 1. The molecule has 1 N–H and O–H groups in total. The second-order valence-corrected chi connectivity index (χ2v) is 5.71. The zero-order chi connectivity index (χ0) is 13.4. The molecule has 1 fully saturated rings. The second-order valence-electron chi connectivity index (χ2n) is 4.51. The summed E-state index contributed by atoms with van der Waals surface area (Å²) in [7, 11) is 1.63. The molecule has 100 valence electrons. The van der Waals surface area contributed by atoms with E-state index in [-0.39, 0.29) is 17.3 Å². The highest BCUT2D eigenvalue weighted by Crippen LogP contribution is 2.32. The van der Waals surface area contributed by atoms with Gasteiger partial charge in [0.25, 0.3) is 0 Å². The first-order valence-electron chi connectivity index (χ1n) is 6.06. The maximum atomic E-state index is 11.6. The van der Waals surface area contributed by atoms with Gasteiger partial charge in [0.15, 0.2) is 5.16 Å². The number of ether oxygens (including phenoxy) is 2. The third-order valence-electron chi connectivity index (χ3n) is 3.05. The van der Waals surface area contributed by atoms with Crippen LogP contribution in [0.15, 0.2) is 23.4 Å². The molecule has 2 atom stereocenters. The molecule has 0 spiro atoms. The number of fused-ring (bicyclic) bond motifs is 1. The molecule has 0 saturated carbocycles. The lowest BCUT2D eigenvalue weighted by atomic mass is 10.3. The number of esters is 1. The van der Waals surface area contributed by atoms with E-state index < -0.39 is 0 Å². The number of benzene rings is 1. The van der Waals surface area contributed by atoms with Crippen molar-refractivity contribution in [2.45, 2.75) is 29.9 Å². The molecular weight excluding hydrogens is 264 g/mol. The quantitative estimate of drug-likeness (QED) is 0.873. The SMILES string of the molecule is COc1ccc2nc(S[C@H]3C[C@@H](C)OC3=O)[nH]c2c1. The van der Waals surface area contributed by atoms with Gasteiger partial charge < -0.3 is 14.5 Å². The Morgan fingerprint density at radius 3 is 3.05 bits per heavy atom. The van der Waals surface area contributed by atoms with E-state index in [0.29, 0.717) is 0 Å². The van der Waals surface area contributed by atoms with Gasteiger partial charge in [-0.25, -0.2) is 4.98 Å². The van der Waals surface area contributed by atoms with E-state index in [1.165, 1.54) is 11.8 Å². The minimum absolute atomic E-state index is 0.00512. The fourth-order valence-electron chi connectivity index (χ4n) is 2.10. The van der Waals surface area contributed by atoms with Gasteiger partial charge in [-0.3, -0.25) is 4.79 Å². The molecular formula is C13H14N2O3S. The van der Waals surface area contributed by atoms with E-state index in [2.05, 4.69) is 9.97 Å². The van der Waals surface area contributed by atoms with Crippen molar-refractivity contribution < 1.29 is 14.3 Å². The van der Waals surface area contributed by atoms with E-state index in [9.17, 15) is 4.79 Å². The summed E-state index contributed by atoms with van der Waals surface area (Å²) in [5, 5.41) is 0.566. The van der Waals surface area contributed by atoms with Crippen LogP contribution in [0, 0.1) is 0 Å². The van der Waals surface area contributed by atoms with E-state index >= 15 is 0 Å². The fraction of sp³-hybridized carbons (Fsp3) is 0.385. The number of hydrogen-bond acceptors (Lipinski definition) is 5. The van der Waals surface area contributed by atoms with Crippen molar-refractivity contribution in [2.75, 3.05) is 7.11 Å². The summed E-state index contributed by atoms with van der Waals surface area (Å²) < 4.78 is 10.3. The number of methoxy groups -OCH3 is 1. The molecule has 19 heavy (non-hydrogen) atoms. The highest BCUT2D eigenvalue weighted by Gasteiger charge is 2.33. The molecule has 2 heterocycles. The number of rotatable bonds is 3. The number of carbonyl (C=O) groups is 1. The molecule has 2 aromatic rings. The van der Waals surface area contributed by atoms with Gasteiger partial charge >= 0.3 is 5.97 Å². The maximum Gasteiger partial charge on any atom is 0.319 e. The molecule has 1 aromatic heterocycles. The minimum Gasteiger partial charge on any atom is -0.497 e. The van der Waals surface area contributed by atoms with Crippen molar-refractivity contribution in [1.82, 2.24) is 9.97 Å². The van der Waals surface area contributed by atoms with Crippen molar-refractivity contribution >= 4 is 28.8 Å². The third kappa shape index (κ3) is 2.40. The molecule has 1 aromatic carbocycles. The number of nitrogens with one attached hydrogen (secondary N) is 1. The molecule has 1 saturated heterocycles. The largest absolute Gasteiger partial charge is 0.497 e. The van der Waals surface area contributed by atoms with Crippen LogP contribution >= 0.6 is 11.8 Å². The summed E-state index contributed by atoms with van der Waals surface area (Å²) in [6.07, 6.45) is 0.721. The monoisotopic (exact) mass is 278 g/mol. The lowest BCUT2D eigenvalue weighted by molar-refractivity contribution is -0.140. The van der Waals surface area contributed by atoms with Gasteiger partial charge in [-0.15, -0.1) is 0 Å². The van der Waals surface area contributed by atoms with Crippen LogP contribution < -0.4 is 4.74 Å². The van der Waals surface area contributed by atoms with Crippen molar-refractivity contribution in [3.63, 3.8) is 0 Å². The molecule has 0 bridgehead atoms. The summed E-state index contributed by atoms with van der Waals surface area (Å²) in [6.45, 7) is 1.90. The Balaban J connectivity index is 1.83. The molecule has 0 radical (unpaired) electrons. The predicted molar refractivity (Wildman–Crippen MR) is 72.5 cm³/mol. The number of H-pyrrole nitrogens is 1. The Labute approximate surface area is 114 Å². The summed E-state index contributed by atoms with van der Waals surface area (Å²) >= 11 is 1.42. The number of aromatic nitrogens is 2. The molecule has 0 unspecified atom stereocenters. The van der Waals surface area contributed by atoms with E-state index in [4.69, 9.17) is 9.47 Å². The zero-order valence-electron chi connectivity index (χ0n) is 10.7. The van der Waals surface area contributed by atoms with E-state index in [0.717, 1.165) is 28.4 Å². The number of hydrogen-bond donors (Lipinski definition) is 1. The smallest absolute Gasteiger partial charge is 0.319 e. The Bertz CT molecular complexity index is 625. The number of cyclic esters (lactones) is 1. The summed E-state index contributed by atoms with van der Waals surface area (Å²) in [4.78, 5) is 19.3. The van der Waals surface area contributed by atoms with Crippen molar-refractivity contribution in [3.8, 4) is 5.75 Å². The molecule has 6 heteroatoms. The van der Waals surface area contributed by atoms with Crippen LogP contribution in [0.1, 0.15) is 13.3 Å². The zero-order valence-corrected chi connectivity index (χ0v) is 11.5. The lowest BCUT2D eigenvalue weighted by Gasteiger charge is -2.00. The molecule has 1 aliphatic heterocycles. The molecule has 0 amide bonds. The fourth-order valence-corrected chi connectivity index (χ4v) is 3.21. The van der Waals surface area contributed by atoms with Crippen LogP contribution in [0.25, 0.3) is 11.0 Å². The van der Waals surface area contributed by atoms with Crippen LogP contribution in [0.4, 0.5) is 0 Å². The van der Waals surface area contributed by atoms with Gasteiger partial charge in [0.1, 0.15) is 17.1 Å². The number of aromatic amines is 1. The highest BCUT2D eigenvalue weighted by molar-refractivity contribution is 8.00. The average molecular weight is 278 g/mol. The van der Waals surface area contributed by atoms with Gasteiger partial charge in [0, 0.05) is 12.5 Å². The first kappa shape index (κ1) is 12.3. The van der Waals surface area contributed by atoms with Crippen LogP contribution in [0.2, 0.25) is 0 Å². The van der Waals surface area contributed by atoms with Crippen LogP contribution in [0.3, 0.4) is 0 Å². The molecule has 0 aliphatic carbocycles. The topological polar surface area (TPSA) is 64.2 Å². The lowest BCUT2D eigenvalue weighted by Crippen LogP contribution is -2.09. The Hall–Kier alpha value is -1.69.